The Morgan fingerprint density at radius 1 is 1.38 bits per heavy atom. The number of rotatable bonds is 5. The Kier molecular flexibility index (Phi) is 5.25. The Balaban J connectivity index is 1.77. The van der Waals surface area contributed by atoms with E-state index in [0.717, 1.165) is 11.1 Å². The summed E-state index contributed by atoms with van der Waals surface area (Å²) in [6.45, 7) is 5.35. The van der Waals surface area contributed by atoms with Crippen LogP contribution in [-0.4, -0.2) is 44.6 Å². The molecule has 0 bridgehead atoms. The number of benzene rings is 1. The fourth-order valence-electron chi connectivity index (χ4n) is 3.43. The number of nitrogens with zero attached hydrogens (tertiary/aromatic N) is 3. The summed E-state index contributed by atoms with van der Waals surface area (Å²) in [6, 6.07) is 5.72. The van der Waals surface area contributed by atoms with Crippen molar-refractivity contribution in [2.75, 3.05) is 13.1 Å². The molecular formula is C19H24N4O3. The fourth-order valence-corrected chi connectivity index (χ4v) is 3.43. The quantitative estimate of drug-likeness (QED) is 0.861. The second-order valence-corrected chi connectivity index (χ2v) is 6.89. The van der Waals surface area contributed by atoms with Crippen LogP contribution in [0.1, 0.15) is 29.2 Å². The average Bonchev–Trinajstić information content (AvgIpc) is 3.26. The maximum Gasteiger partial charge on any atom is 0.317 e. The van der Waals surface area contributed by atoms with Gasteiger partial charge in [-0.3, -0.25) is 4.79 Å². The molecule has 0 saturated carbocycles. The highest BCUT2D eigenvalue weighted by Crippen LogP contribution is 2.23. The Morgan fingerprint density at radius 3 is 2.81 bits per heavy atom. The van der Waals surface area contributed by atoms with E-state index in [2.05, 4.69) is 16.4 Å². The van der Waals surface area contributed by atoms with Gasteiger partial charge < -0.3 is 19.9 Å². The van der Waals surface area contributed by atoms with Gasteiger partial charge in [0.2, 0.25) is 0 Å². The van der Waals surface area contributed by atoms with Crippen LogP contribution in [0.25, 0.3) is 0 Å². The minimum absolute atomic E-state index is 0.221. The largest absolute Gasteiger partial charge is 0.481 e. The Morgan fingerprint density at radius 2 is 2.19 bits per heavy atom. The van der Waals surface area contributed by atoms with Crippen molar-refractivity contribution in [3.8, 4) is 0 Å². The van der Waals surface area contributed by atoms with E-state index in [1.54, 1.807) is 17.4 Å². The number of imidazole rings is 1. The maximum atomic E-state index is 12.7. The molecule has 2 heterocycles. The van der Waals surface area contributed by atoms with Gasteiger partial charge in [0.05, 0.1) is 18.3 Å². The summed E-state index contributed by atoms with van der Waals surface area (Å²) >= 11 is 0. The molecule has 3 rings (SSSR count). The molecule has 2 amide bonds. The van der Waals surface area contributed by atoms with Gasteiger partial charge in [0, 0.05) is 32.0 Å². The number of hydrogen-bond donors (Lipinski definition) is 2. The zero-order valence-electron chi connectivity index (χ0n) is 15.1. The normalized spacial score (nSPS) is 17.9. The molecule has 1 saturated heterocycles. The molecule has 2 atom stereocenters. The minimum Gasteiger partial charge on any atom is -0.481 e. The number of carboxylic acids is 1. The van der Waals surface area contributed by atoms with E-state index in [1.807, 2.05) is 36.7 Å². The summed E-state index contributed by atoms with van der Waals surface area (Å²) in [5, 5.41) is 12.2. The van der Waals surface area contributed by atoms with Crippen molar-refractivity contribution in [3.05, 3.63) is 53.6 Å². The smallest absolute Gasteiger partial charge is 0.317 e. The molecule has 2 aromatic rings. The first-order valence-corrected chi connectivity index (χ1v) is 8.75. The van der Waals surface area contributed by atoms with Crippen LogP contribution in [0, 0.1) is 19.8 Å². The monoisotopic (exact) mass is 356 g/mol. The number of urea groups is 1. The molecule has 1 aromatic heterocycles. The lowest BCUT2D eigenvalue weighted by Gasteiger charge is -2.25. The third-order valence-corrected chi connectivity index (χ3v) is 4.88. The molecule has 0 spiro atoms. The summed E-state index contributed by atoms with van der Waals surface area (Å²) in [4.78, 5) is 29.5. The lowest BCUT2D eigenvalue weighted by Crippen LogP contribution is -2.42. The summed E-state index contributed by atoms with van der Waals surface area (Å²) in [7, 11) is 0. The zero-order chi connectivity index (χ0) is 18.7. The van der Waals surface area contributed by atoms with Crippen molar-refractivity contribution < 1.29 is 14.7 Å². The Labute approximate surface area is 152 Å². The number of carboxylic acid groups (broad SMARTS) is 1. The van der Waals surface area contributed by atoms with E-state index in [9.17, 15) is 9.59 Å². The molecule has 1 aliphatic heterocycles. The maximum absolute atomic E-state index is 12.7. The van der Waals surface area contributed by atoms with Gasteiger partial charge in [0.15, 0.2) is 0 Å². The number of aromatic nitrogens is 2. The number of likely N-dealkylation sites (tertiary alicyclic amines) is 1. The molecule has 0 aliphatic carbocycles. The first-order chi connectivity index (χ1) is 12.4. The van der Waals surface area contributed by atoms with Gasteiger partial charge in [-0.05, 0) is 31.4 Å². The summed E-state index contributed by atoms with van der Waals surface area (Å²) in [6.07, 6.45) is 5.79. The lowest BCUT2D eigenvalue weighted by atomic mass is 9.99. The number of carbonyl (C=O) groups is 2. The van der Waals surface area contributed by atoms with E-state index in [1.165, 1.54) is 5.56 Å². The number of aryl methyl sites for hydroxylation is 2. The first-order valence-electron chi connectivity index (χ1n) is 8.75. The Bertz CT molecular complexity index is 788. The highest BCUT2D eigenvalue weighted by molar-refractivity contribution is 5.77. The van der Waals surface area contributed by atoms with Crippen molar-refractivity contribution in [3.63, 3.8) is 0 Å². The molecular weight excluding hydrogens is 332 g/mol. The SMILES string of the molecule is Cc1ccc(C(Cn2ccnc2)NC(=O)N2CCC(C(=O)O)C2)c(C)c1. The molecule has 1 aliphatic rings. The van der Waals surface area contributed by atoms with Crippen LogP contribution in [0.3, 0.4) is 0 Å². The number of amides is 2. The van der Waals surface area contributed by atoms with Gasteiger partial charge in [0.1, 0.15) is 0 Å². The molecule has 1 aromatic carbocycles. The van der Waals surface area contributed by atoms with Crippen molar-refractivity contribution >= 4 is 12.0 Å². The molecule has 7 heteroatoms. The number of carbonyl (C=O) groups excluding carboxylic acids is 1. The van der Waals surface area contributed by atoms with E-state index >= 15 is 0 Å². The van der Waals surface area contributed by atoms with E-state index in [4.69, 9.17) is 5.11 Å². The van der Waals surface area contributed by atoms with Gasteiger partial charge >= 0.3 is 12.0 Å². The second-order valence-electron chi connectivity index (χ2n) is 6.89. The lowest BCUT2D eigenvalue weighted by molar-refractivity contribution is -0.141. The van der Waals surface area contributed by atoms with Crippen LogP contribution in [0.15, 0.2) is 36.9 Å². The summed E-state index contributed by atoms with van der Waals surface area (Å²) < 4.78 is 1.92. The number of nitrogens with one attached hydrogen (secondary N) is 1. The van der Waals surface area contributed by atoms with Crippen molar-refractivity contribution in [2.24, 2.45) is 5.92 Å². The third kappa shape index (κ3) is 4.04. The van der Waals surface area contributed by atoms with Gasteiger partial charge in [-0.1, -0.05) is 23.8 Å². The zero-order valence-corrected chi connectivity index (χ0v) is 15.1. The van der Waals surface area contributed by atoms with Gasteiger partial charge in [-0.15, -0.1) is 0 Å². The standard InChI is InChI=1S/C19H24N4O3/c1-13-3-4-16(14(2)9-13)17(11-22-8-6-20-12-22)21-19(26)23-7-5-15(10-23)18(24)25/h3-4,6,8-9,12,15,17H,5,7,10-11H2,1-2H3,(H,21,26)(H,24,25). The summed E-state index contributed by atoms with van der Waals surface area (Å²) in [5.74, 6) is -1.32. The van der Waals surface area contributed by atoms with E-state index in [-0.39, 0.29) is 18.6 Å². The summed E-state index contributed by atoms with van der Waals surface area (Å²) in [5.41, 5.74) is 3.33. The van der Waals surface area contributed by atoms with Crippen molar-refractivity contribution in [1.29, 1.82) is 0 Å². The average molecular weight is 356 g/mol. The fraction of sp³-hybridized carbons (Fsp3) is 0.421. The highest BCUT2D eigenvalue weighted by Gasteiger charge is 2.32. The van der Waals surface area contributed by atoms with Crippen LogP contribution < -0.4 is 5.32 Å². The van der Waals surface area contributed by atoms with Gasteiger partial charge in [-0.25, -0.2) is 9.78 Å². The number of hydrogen-bond acceptors (Lipinski definition) is 3. The first kappa shape index (κ1) is 18.0. The molecule has 2 N–H and O–H groups in total. The number of aliphatic carboxylic acids is 1. The molecule has 0 radical (unpaired) electrons. The molecule has 2 unspecified atom stereocenters. The van der Waals surface area contributed by atoms with Gasteiger partial charge in [0.25, 0.3) is 0 Å². The van der Waals surface area contributed by atoms with Crippen LogP contribution in [0.2, 0.25) is 0 Å². The topological polar surface area (TPSA) is 87.5 Å². The van der Waals surface area contributed by atoms with Gasteiger partial charge in [-0.2, -0.15) is 0 Å². The predicted octanol–water partition coefficient (Wildman–Crippen LogP) is 2.36. The Hall–Kier alpha value is -2.83. The van der Waals surface area contributed by atoms with E-state index < -0.39 is 11.9 Å². The van der Waals surface area contributed by atoms with Crippen molar-refractivity contribution in [2.45, 2.75) is 32.9 Å². The predicted molar refractivity (Wildman–Crippen MR) is 96.7 cm³/mol. The molecule has 7 nitrogen and oxygen atoms in total. The van der Waals surface area contributed by atoms with Crippen LogP contribution in [-0.2, 0) is 11.3 Å². The van der Waals surface area contributed by atoms with E-state index in [0.29, 0.717) is 19.5 Å². The molecule has 138 valence electrons. The molecule has 26 heavy (non-hydrogen) atoms. The van der Waals surface area contributed by atoms with Crippen LogP contribution in [0.5, 0.6) is 0 Å². The third-order valence-electron chi connectivity index (χ3n) is 4.88. The second kappa shape index (κ2) is 7.59. The van der Waals surface area contributed by atoms with Crippen LogP contribution >= 0.6 is 0 Å². The van der Waals surface area contributed by atoms with Crippen molar-refractivity contribution in [1.82, 2.24) is 19.8 Å². The molecule has 1 fully saturated rings. The highest BCUT2D eigenvalue weighted by atomic mass is 16.4. The van der Waals surface area contributed by atoms with Crippen LogP contribution in [0.4, 0.5) is 4.79 Å². The minimum atomic E-state index is -0.843.